The average Bonchev–Trinajstić information content (AvgIpc) is 2.66. The van der Waals surface area contributed by atoms with Crippen molar-refractivity contribution in [1.82, 2.24) is 4.90 Å². The second-order valence-electron chi connectivity index (χ2n) is 6.16. The number of carbonyl (C=O) groups excluding carboxylic acids is 1. The van der Waals surface area contributed by atoms with Gasteiger partial charge >= 0.3 is 0 Å². The van der Waals surface area contributed by atoms with Gasteiger partial charge in [-0.3, -0.25) is 4.79 Å². The van der Waals surface area contributed by atoms with Crippen molar-refractivity contribution in [2.75, 3.05) is 20.4 Å². The number of amides is 1. The predicted octanol–water partition coefficient (Wildman–Crippen LogP) is 4.96. The van der Waals surface area contributed by atoms with Gasteiger partial charge in [0.1, 0.15) is 5.75 Å². The highest BCUT2D eigenvalue weighted by Gasteiger charge is 2.17. The normalized spacial score (nSPS) is 11.8. The molecule has 1 atom stereocenters. The highest BCUT2D eigenvalue weighted by atomic mass is 32.2. The Morgan fingerprint density at radius 3 is 2.52 bits per heavy atom. The third-order valence-corrected chi connectivity index (χ3v) is 5.26. The van der Waals surface area contributed by atoms with Crippen LogP contribution in [0.15, 0.2) is 53.4 Å². The molecule has 1 unspecified atom stereocenters. The van der Waals surface area contributed by atoms with Crippen LogP contribution in [0, 0.1) is 0 Å². The van der Waals surface area contributed by atoms with E-state index in [1.807, 2.05) is 37.6 Å². The van der Waals surface area contributed by atoms with Crippen LogP contribution in [0.5, 0.6) is 5.75 Å². The molecule has 0 heterocycles. The first-order valence-electron chi connectivity index (χ1n) is 8.58. The monoisotopic (exact) mass is 357 g/mol. The lowest BCUT2D eigenvalue weighted by Gasteiger charge is -2.22. The fourth-order valence-electron chi connectivity index (χ4n) is 2.93. The Kier molecular flexibility index (Phi) is 7.38. The van der Waals surface area contributed by atoms with Crippen LogP contribution in [0.1, 0.15) is 36.8 Å². The molecule has 0 aliphatic heterocycles. The van der Waals surface area contributed by atoms with E-state index in [0.29, 0.717) is 13.0 Å². The molecule has 0 aliphatic carbocycles. The van der Waals surface area contributed by atoms with Gasteiger partial charge in [-0.1, -0.05) is 43.3 Å². The standard InChI is InChI=1S/C21H27NO2S/c1-5-17(18-9-7-6-8-10-18)14-21(23)22(2)15-16-11-12-20(25-4)19(13-16)24-3/h6-13,17H,5,14-15H2,1-4H3. The molecule has 0 saturated heterocycles. The van der Waals surface area contributed by atoms with Crippen LogP contribution in [-0.2, 0) is 11.3 Å². The molecular weight excluding hydrogens is 330 g/mol. The lowest BCUT2D eigenvalue weighted by atomic mass is 9.93. The van der Waals surface area contributed by atoms with E-state index in [1.54, 1.807) is 23.8 Å². The first-order valence-corrected chi connectivity index (χ1v) is 9.81. The van der Waals surface area contributed by atoms with Crippen molar-refractivity contribution in [3.05, 3.63) is 59.7 Å². The highest BCUT2D eigenvalue weighted by molar-refractivity contribution is 7.98. The van der Waals surface area contributed by atoms with Crippen LogP contribution in [0.4, 0.5) is 0 Å². The van der Waals surface area contributed by atoms with E-state index in [-0.39, 0.29) is 11.8 Å². The number of hydrogen-bond acceptors (Lipinski definition) is 3. The summed E-state index contributed by atoms with van der Waals surface area (Å²) >= 11 is 1.66. The molecule has 0 spiro atoms. The third kappa shape index (κ3) is 5.27. The Morgan fingerprint density at radius 2 is 1.92 bits per heavy atom. The summed E-state index contributed by atoms with van der Waals surface area (Å²) < 4.78 is 5.43. The van der Waals surface area contributed by atoms with Gasteiger partial charge in [-0.2, -0.15) is 0 Å². The van der Waals surface area contributed by atoms with E-state index < -0.39 is 0 Å². The number of nitrogens with zero attached hydrogens (tertiary/aromatic N) is 1. The summed E-state index contributed by atoms with van der Waals surface area (Å²) in [4.78, 5) is 15.6. The molecule has 25 heavy (non-hydrogen) atoms. The van der Waals surface area contributed by atoms with Gasteiger partial charge < -0.3 is 9.64 Å². The number of ether oxygens (including phenoxy) is 1. The second-order valence-corrected chi connectivity index (χ2v) is 7.01. The fraction of sp³-hybridized carbons (Fsp3) is 0.381. The molecule has 0 fully saturated rings. The molecular formula is C21H27NO2S. The van der Waals surface area contributed by atoms with Crippen LogP contribution in [0.3, 0.4) is 0 Å². The minimum atomic E-state index is 0.170. The summed E-state index contributed by atoms with van der Waals surface area (Å²) in [5.41, 5.74) is 2.32. The van der Waals surface area contributed by atoms with Gasteiger partial charge in [0.05, 0.1) is 7.11 Å². The first kappa shape index (κ1) is 19.4. The van der Waals surface area contributed by atoms with E-state index in [9.17, 15) is 4.79 Å². The molecule has 0 radical (unpaired) electrons. The third-order valence-electron chi connectivity index (χ3n) is 4.48. The molecule has 3 nitrogen and oxygen atoms in total. The zero-order chi connectivity index (χ0) is 18.2. The van der Waals surface area contributed by atoms with Crippen LogP contribution in [-0.4, -0.2) is 31.2 Å². The van der Waals surface area contributed by atoms with E-state index in [0.717, 1.165) is 22.6 Å². The molecule has 0 N–H and O–H groups in total. The summed E-state index contributed by atoms with van der Waals surface area (Å²) in [7, 11) is 3.55. The molecule has 0 aliphatic rings. The van der Waals surface area contributed by atoms with Crippen molar-refractivity contribution in [1.29, 1.82) is 0 Å². The van der Waals surface area contributed by atoms with Gasteiger partial charge in [0.25, 0.3) is 0 Å². The van der Waals surface area contributed by atoms with Gasteiger partial charge in [-0.05, 0) is 41.9 Å². The summed E-state index contributed by atoms with van der Waals surface area (Å²) in [5.74, 6) is 1.30. The smallest absolute Gasteiger partial charge is 0.223 e. The van der Waals surface area contributed by atoms with Gasteiger partial charge in [0, 0.05) is 24.9 Å². The number of carbonyl (C=O) groups is 1. The quantitative estimate of drug-likeness (QED) is 0.625. The Morgan fingerprint density at radius 1 is 1.20 bits per heavy atom. The molecule has 4 heteroatoms. The van der Waals surface area contributed by atoms with E-state index in [2.05, 4.69) is 31.2 Å². The molecule has 0 saturated carbocycles. The Hall–Kier alpha value is -1.94. The van der Waals surface area contributed by atoms with E-state index in [4.69, 9.17) is 4.74 Å². The minimum Gasteiger partial charge on any atom is -0.496 e. The van der Waals surface area contributed by atoms with Crippen LogP contribution < -0.4 is 4.74 Å². The molecule has 2 rings (SSSR count). The molecule has 0 bridgehead atoms. The Labute approximate surface area is 155 Å². The Bertz CT molecular complexity index is 688. The molecule has 2 aromatic carbocycles. The number of methoxy groups -OCH3 is 1. The maximum Gasteiger partial charge on any atom is 0.223 e. The van der Waals surface area contributed by atoms with Crippen molar-refractivity contribution < 1.29 is 9.53 Å². The van der Waals surface area contributed by atoms with Crippen molar-refractivity contribution in [2.24, 2.45) is 0 Å². The van der Waals surface area contributed by atoms with Crippen LogP contribution in [0.25, 0.3) is 0 Å². The van der Waals surface area contributed by atoms with Crippen molar-refractivity contribution in [3.8, 4) is 5.75 Å². The van der Waals surface area contributed by atoms with Crippen molar-refractivity contribution >= 4 is 17.7 Å². The number of hydrogen-bond donors (Lipinski definition) is 0. The SMILES string of the molecule is CCC(CC(=O)N(C)Cc1ccc(SC)c(OC)c1)c1ccccc1. The molecule has 134 valence electrons. The maximum atomic E-state index is 12.7. The average molecular weight is 358 g/mol. The van der Waals surface area contributed by atoms with E-state index in [1.165, 1.54) is 5.56 Å². The number of thioether (sulfide) groups is 1. The highest BCUT2D eigenvalue weighted by Crippen LogP contribution is 2.29. The van der Waals surface area contributed by atoms with Gasteiger partial charge in [-0.15, -0.1) is 11.8 Å². The lowest BCUT2D eigenvalue weighted by Crippen LogP contribution is -2.27. The van der Waals surface area contributed by atoms with Gasteiger partial charge in [-0.25, -0.2) is 0 Å². The minimum absolute atomic E-state index is 0.170. The van der Waals surface area contributed by atoms with Crippen LogP contribution in [0.2, 0.25) is 0 Å². The zero-order valence-electron chi connectivity index (χ0n) is 15.5. The predicted molar refractivity (Wildman–Crippen MR) is 105 cm³/mol. The van der Waals surface area contributed by atoms with Gasteiger partial charge in [0.2, 0.25) is 5.91 Å². The topological polar surface area (TPSA) is 29.5 Å². The number of rotatable bonds is 8. The van der Waals surface area contributed by atoms with E-state index >= 15 is 0 Å². The van der Waals surface area contributed by atoms with Crippen molar-refractivity contribution in [2.45, 2.75) is 37.1 Å². The number of benzene rings is 2. The summed E-state index contributed by atoms with van der Waals surface area (Å²) in [5, 5.41) is 0. The summed E-state index contributed by atoms with van der Waals surface area (Å²) in [6, 6.07) is 16.4. The van der Waals surface area contributed by atoms with Crippen molar-refractivity contribution in [3.63, 3.8) is 0 Å². The van der Waals surface area contributed by atoms with Crippen LogP contribution >= 0.6 is 11.8 Å². The first-order chi connectivity index (χ1) is 12.1. The summed E-state index contributed by atoms with van der Waals surface area (Å²) in [6.07, 6.45) is 3.53. The summed E-state index contributed by atoms with van der Waals surface area (Å²) in [6.45, 7) is 2.73. The van der Waals surface area contributed by atoms with Gasteiger partial charge in [0.15, 0.2) is 0 Å². The molecule has 0 aromatic heterocycles. The lowest BCUT2D eigenvalue weighted by molar-refractivity contribution is -0.130. The fourth-order valence-corrected chi connectivity index (χ4v) is 3.48. The molecule has 1 amide bonds. The zero-order valence-corrected chi connectivity index (χ0v) is 16.3. The second kappa shape index (κ2) is 9.52. The Balaban J connectivity index is 2.02. The largest absolute Gasteiger partial charge is 0.496 e. The maximum absolute atomic E-state index is 12.7. The molecule has 2 aromatic rings.